The highest BCUT2D eigenvalue weighted by Crippen LogP contribution is 2.19. The van der Waals surface area contributed by atoms with E-state index in [9.17, 15) is 9.18 Å². The van der Waals surface area contributed by atoms with Crippen molar-refractivity contribution in [2.45, 2.75) is 19.3 Å². The van der Waals surface area contributed by atoms with Gasteiger partial charge < -0.3 is 5.32 Å². The Balaban J connectivity index is 2.04. The Hall–Kier alpha value is -0.930. The number of ketones is 1. The molecule has 1 unspecified atom stereocenters. The maximum absolute atomic E-state index is 13.5. The first kappa shape index (κ1) is 12.5. The van der Waals surface area contributed by atoms with Crippen LogP contribution >= 0.6 is 11.6 Å². The lowest BCUT2D eigenvalue weighted by Gasteiger charge is -2.21. The number of nitrogens with one attached hydrogen (secondary N) is 1. The van der Waals surface area contributed by atoms with Crippen LogP contribution in [0.1, 0.15) is 18.4 Å². The summed E-state index contributed by atoms with van der Waals surface area (Å²) in [6, 6.07) is 4.34. The van der Waals surface area contributed by atoms with Crippen molar-refractivity contribution < 1.29 is 9.18 Å². The number of carbonyl (C=O) groups is 1. The minimum atomic E-state index is -0.355. The van der Waals surface area contributed by atoms with E-state index in [2.05, 4.69) is 5.32 Å². The van der Waals surface area contributed by atoms with E-state index in [1.165, 1.54) is 18.2 Å². The van der Waals surface area contributed by atoms with Gasteiger partial charge in [0.1, 0.15) is 11.6 Å². The first-order chi connectivity index (χ1) is 8.16. The Morgan fingerprint density at radius 3 is 3.06 bits per heavy atom. The molecule has 1 fully saturated rings. The van der Waals surface area contributed by atoms with Gasteiger partial charge in [-0.05, 0) is 43.1 Å². The van der Waals surface area contributed by atoms with Crippen molar-refractivity contribution >= 4 is 17.4 Å². The molecule has 17 heavy (non-hydrogen) atoms. The molecule has 1 aliphatic rings. The minimum Gasteiger partial charge on any atom is -0.316 e. The number of rotatable bonds is 3. The summed E-state index contributed by atoms with van der Waals surface area (Å²) in [5.41, 5.74) is 0.396. The molecule has 0 radical (unpaired) electrons. The average Bonchev–Trinajstić information content (AvgIpc) is 2.35. The van der Waals surface area contributed by atoms with Crippen LogP contribution in [0, 0.1) is 11.7 Å². The van der Waals surface area contributed by atoms with Gasteiger partial charge in [0.25, 0.3) is 0 Å². The van der Waals surface area contributed by atoms with Gasteiger partial charge in [-0.15, -0.1) is 0 Å². The Morgan fingerprint density at radius 2 is 2.35 bits per heavy atom. The highest BCUT2D eigenvalue weighted by molar-refractivity contribution is 6.30. The largest absolute Gasteiger partial charge is 0.316 e. The molecule has 1 aromatic rings. The highest BCUT2D eigenvalue weighted by atomic mass is 35.5. The molecule has 1 N–H and O–H groups in total. The number of benzene rings is 1. The van der Waals surface area contributed by atoms with Crippen LogP contribution in [0.2, 0.25) is 5.02 Å². The fourth-order valence-corrected chi connectivity index (χ4v) is 2.33. The number of piperidine rings is 1. The molecule has 0 aromatic heterocycles. The van der Waals surface area contributed by atoms with Gasteiger partial charge >= 0.3 is 0 Å². The van der Waals surface area contributed by atoms with Crippen LogP contribution in [0.5, 0.6) is 0 Å². The summed E-state index contributed by atoms with van der Waals surface area (Å²) in [7, 11) is 0. The first-order valence-electron chi connectivity index (χ1n) is 5.84. The van der Waals surface area contributed by atoms with E-state index < -0.39 is 0 Å². The monoisotopic (exact) mass is 255 g/mol. The molecular formula is C13H15ClFNO. The number of carbonyl (C=O) groups excluding carboxylic acids is 1. The van der Waals surface area contributed by atoms with E-state index >= 15 is 0 Å². The number of halogens is 2. The maximum Gasteiger partial charge on any atom is 0.141 e. The Bertz CT molecular complexity index is 416. The molecule has 0 saturated carbocycles. The lowest BCUT2D eigenvalue weighted by Crippen LogP contribution is -2.35. The highest BCUT2D eigenvalue weighted by Gasteiger charge is 2.21. The molecule has 1 heterocycles. The fourth-order valence-electron chi connectivity index (χ4n) is 2.14. The molecule has 1 aliphatic heterocycles. The minimum absolute atomic E-state index is 0.0159. The molecular weight excluding hydrogens is 241 g/mol. The van der Waals surface area contributed by atoms with E-state index in [1.54, 1.807) is 0 Å². The summed E-state index contributed by atoms with van der Waals surface area (Å²) >= 11 is 5.80. The summed E-state index contributed by atoms with van der Waals surface area (Å²) in [4.78, 5) is 12.0. The summed E-state index contributed by atoms with van der Waals surface area (Å²) < 4.78 is 13.5. The van der Waals surface area contributed by atoms with Gasteiger partial charge in [-0.3, -0.25) is 4.79 Å². The predicted octanol–water partition coefficient (Wildman–Crippen LogP) is 2.59. The molecule has 2 nitrogen and oxygen atoms in total. The lowest BCUT2D eigenvalue weighted by molar-refractivity contribution is -0.122. The molecule has 1 aromatic carbocycles. The zero-order valence-corrected chi connectivity index (χ0v) is 10.3. The summed E-state index contributed by atoms with van der Waals surface area (Å²) in [5, 5.41) is 3.66. The van der Waals surface area contributed by atoms with Crippen LogP contribution in [0.4, 0.5) is 4.39 Å². The van der Waals surface area contributed by atoms with Crippen molar-refractivity contribution in [3.05, 3.63) is 34.6 Å². The number of hydrogen-bond acceptors (Lipinski definition) is 2. The SMILES string of the molecule is O=C(Cc1cc(Cl)ccc1F)C1CCCNC1. The van der Waals surface area contributed by atoms with Gasteiger partial charge in [-0.1, -0.05) is 11.6 Å². The topological polar surface area (TPSA) is 29.1 Å². The third kappa shape index (κ3) is 3.27. The number of Topliss-reactive ketones (excluding diaryl/α,β-unsaturated/α-hetero) is 1. The van der Waals surface area contributed by atoms with Gasteiger partial charge in [-0.25, -0.2) is 4.39 Å². The van der Waals surface area contributed by atoms with Crippen molar-refractivity contribution in [1.82, 2.24) is 5.32 Å². The van der Waals surface area contributed by atoms with Crippen LogP contribution in [0.15, 0.2) is 18.2 Å². The third-order valence-electron chi connectivity index (χ3n) is 3.12. The molecule has 0 amide bonds. The van der Waals surface area contributed by atoms with Crippen LogP contribution in [0.25, 0.3) is 0 Å². The molecule has 0 bridgehead atoms. The van der Waals surface area contributed by atoms with Gasteiger partial charge in [0, 0.05) is 23.9 Å². The quantitative estimate of drug-likeness (QED) is 0.900. The van der Waals surface area contributed by atoms with Crippen LogP contribution in [-0.4, -0.2) is 18.9 Å². The third-order valence-corrected chi connectivity index (χ3v) is 3.36. The van der Waals surface area contributed by atoms with Crippen LogP contribution < -0.4 is 5.32 Å². The molecule has 1 saturated heterocycles. The van der Waals surface area contributed by atoms with E-state index in [1.807, 2.05) is 0 Å². The van der Waals surface area contributed by atoms with Gasteiger partial charge in [-0.2, -0.15) is 0 Å². The molecule has 1 atom stereocenters. The summed E-state index contributed by atoms with van der Waals surface area (Å²) in [5.74, 6) is -0.244. The second-order valence-corrected chi connectivity index (χ2v) is 4.86. The van der Waals surface area contributed by atoms with Gasteiger partial charge in [0.05, 0.1) is 0 Å². The normalized spacial score (nSPS) is 20.2. The van der Waals surface area contributed by atoms with Crippen molar-refractivity contribution in [3.63, 3.8) is 0 Å². The number of hydrogen-bond donors (Lipinski definition) is 1. The molecule has 0 aliphatic carbocycles. The standard InChI is InChI=1S/C13H15ClFNO/c14-11-3-4-12(15)10(6-11)7-13(17)9-2-1-5-16-8-9/h3-4,6,9,16H,1-2,5,7-8H2. The average molecular weight is 256 g/mol. The fraction of sp³-hybridized carbons (Fsp3) is 0.462. The second kappa shape index (κ2) is 5.61. The molecule has 92 valence electrons. The maximum atomic E-state index is 13.5. The summed E-state index contributed by atoms with van der Waals surface area (Å²) in [6.07, 6.45) is 2.04. The van der Waals surface area contributed by atoms with E-state index in [-0.39, 0.29) is 23.9 Å². The zero-order valence-electron chi connectivity index (χ0n) is 9.51. The van der Waals surface area contributed by atoms with Crippen molar-refractivity contribution in [3.8, 4) is 0 Å². The molecule has 2 rings (SSSR count). The van der Waals surface area contributed by atoms with Crippen LogP contribution in [-0.2, 0) is 11.2 Å². The van der Waals surface area contributed by atoms with Crippen molar-refractivity contribution in [2.24, 2.45) is 5.92 Å². The van der Waals surface area contributed by atoms with E-state index in [0.717, 1.165) is 19.4 Å². The first-order valence-corrected chi connectivity index (χ1v) is 6.22. The predicted molar refractivity (Wildman–Crippen MR) is 65.7 cm³/mol. The molecule has 4 heteroatoms. The van der Waals surface area contributed by atoms with Crippen molar-refractivity contribution in [2.75, 3.05) is 13.1 Å². The van der Waals surface area contributed by atoms with Gasteiger partial charge in [0.15, 0.2) is 0 Å². The molecule has 0 spiro atoms. The van der Waals surface area contributed by atoms with E-state index in [0.29, 0.717) is 17.1 Å². The van der Waals surface area contributed by atoms with Crippen LogP contribution in [0.3, 0.4) is 0 Å². The Labute approximate surface area is 105 Å². The summed E-state index contributed by atoms with van der Waals surface area (Å²) in [6.45, 7) is 1.68. The zero-order chi connectivity index (χ0) is 12.3. The lowest BCUT2D eigenvalue weighted by atomic mass is 9.91. The van der Waals surface area contributed by atoms with Crippen molar-refractivity contribution in [1.29, 1.82) is 0 Å². The van der Waals surface area contributed by atoms with E-state index in [4.69, 9.17) is 11.6 Å². The Morgan fingerprint density at radius 1 is 1.53 bits per heavy atom. The van der Waals surface area contributed by atoms with Gasteiger partial charge in [0.2, 0.25) is 0 Å². The smallest absolute Gasteiger partial charge is 0.141 e. The Kier molecular flexibility index (Phi) is 4.13. The second-order valence-electron chi connectivity index (χ2n) is 4.42.